The van der Waals surface area contributed by atoms with E-state index in [0.717, 1.165) is 32.1 Å². The number of rotatable bonds is 10. The van der Waals surface area contributed by atoms with Crippen LogP contribution in [-0.4, -0.2) is 58.0 Å². The normalized spacial score (nSPS) is 14.4. The molecule has 2 aromatic carbocycles. The first-order valence-corrected chi connectivity index (χ1v) is 12.6. The van der Waals surface area contributed by atoms with Crippen molar-refractivity contribution in [2.45, 2.75) is 43.0 Å². The van der Waals surface area contributed by atoms with Gasteiger partial charge in [0.25, 0.3) is 5.91 Å². The Balaban J connectivity index is 1.57. The summed E-state index contributed by atoms with van der Waals surface area (Å²) in [5, 5.41) is 2.54. The number of hydrogen-bond donors (Lipinski definition) is 1. The van der Waals surface area contributed by atoms with E-state index in [9.17, 15) is 18.0 Å². The van der Waals surface area contributed by atoms with Crippen LogP contribution in [0, 0.1) is 0 Å². The number of nitrogens with one attached hydrogen (secondary N) is 1. The predicted molar refractivity (Wildman–Crippen MR) is 126 cm³/mol. The largest absolute Gasteiger partial charge is 0.493 e. The molecule has 1 amide bonds. The second-order valence-electron chi connectivity index (χ2n) is 7.96. The third-order valence-corrected chi connectivity index (χ3v) is 7.65. The number of ether oxygens (including phenoxy) is 3. The molecule has 2 aromatic rings. The molecule has 0 atom stereocenters. The van der Waals surface area contributed by atoms with Gasteiger partial charge in [-0.3, -0.25) is 4.79 Å². The first-order valence-electron chi connectivity index (χ1n) is 11.1. The maximum absolute atomic E-state index is 13.2. The minimum absolute atomic E-state index is 0.00209. The molecular formula is C24H30N2O7S. The zero-order valence-electron chi connectivity index (χ0n) is 19.4. The van der Waals surface area contributed by atoms with Crippen molar-refractivity contribution in [1.82, 2.24) is 4.31 Å². The number of nitrogens with zero attached hydrogens (tertiary/aromatic N) is 1. The lowest BCUT2D eigenvalue weighted by Gasteiger charge is -2.30. The van der Waals surface area contributed by atoms with Crippen molar-refractivity contribution in [1.29, 1.82) is 0 Å². The smallest absolute Gasteiger partial charge is 0.344 e. The van der Waals surface area contributed by atoms with Gasteiger partial charge in [0.05, 0.1) is 12.8 Å². The molecule has 0 radical (unpaired) electrons. The Labute approximate surface area is 200 Å². The van der Waals surface area contributed by atoms with Gasteiger partial charge in [-0.15, -0.1) is 0 Å². The number of hydrogen-bond acceptors (Lipinski definition) is 7. The number of methoxy groups -OCH3 is 1. The fourth-order valence-electron chi connectivity index (χ4n) is 3.84. The maximum atomic E-state index is 13.2. The molecule has 0 aromatic heterocycles. The van der Waals surface area contributed by atoms with E-state index < -0.39 is 35.1 Å². The molecule has 34 heavy (non-hydrogen) atoms. The second-order valence-corrected chi connectivity index (χ2v) is 9.92. The molecule has 0 unspecified atom stereocenters. The number of sulfonamides is 1. The molecule has 1 fully saturated rings. The average Bonchev–Trinajstić information content (AvgIpc) is 2.86. The fourth-order valence-corrected chi connectivity index (χ4v) is 5.40. The van der Waals surface area contributed by atoms with E-state index in [1.807, 2.05) is 0 Å². The summed E-state index contributed by atoms with van der Waals surface area (Å²) in [5.74, 6) is -0.579. The summed E-state index contributed by atoms with van der Waals surface area (Å²) >= 11 is 0. The fraction of sp³-hybridized carbons (Fsp3) is 0.417. The summed E-state index contributed by atoms with van der Waals surface area (Å²) in [7, 11) is -0.754. The van der Waals surface area contributed by atoms with E-state index in [1.54, 1.807) is 43.4 Å². The Bertz CT molecular complexity index is 1100. The quantitative estimate of drug-likeness (QED) is 0.509. The van der Waals surface area contributed by atoms with Gasteiger partial charge >= 0.3 is 5.97 Å². The summed E-state index contributed by atoms with van der Waals surface area (Å²) in [6, 6.07) is 12.9. The molecule has 1 N–H and O–H groups in total. The Morgan fingerprint density at radius 2 is 1.62 bits per heavy atom. The zero-order valence-corrected chi connectivity index (χ0v) is 20.2. The van der Waals surface area contributed by atoms with Crippen LogP contribution in [0.2, 0.25) is 0 Å². The highest BCUT2D eigenvalue weighted by Gasteiger charge is 2.31. The Morgan fingerprint density at radius 1 is 0.971 bits per heavy atom. The molecule has 0 spiro atoms. The highest BCUT2D eigenvalue weighted by molar-refractivity contribution is 7.89. The van der Waals surface area contributed by atoms with Gasteiger partial charge in [-0.05, 0) is 37.1 Å². The second kappa shape index (κ2) is 11.8. The van der Waals surface area contributed by atoms with Crippen LogP contribution >= 0.6 is 0 Å². The SMILES string of the molecule is COc1ccccc1OCC(=O)OCC(=O)Nc1ccccc1S(=O)(=O)N(C)C1CCCCC1. The molecule has 0 saturated heterocycles. The van der Waals surface area contributed by atoms with Crippen LogP contribution in [0.3, 0.4) is 0 Å². The van der Waals surface area contributed by atoms with Crippen LogP contribution in [-0.2, 0) is 24.3 Å². The molecule has 10 heteroatoms. The zero-order chi connectivity index (χ0) is 24.6. The summed E-state index contributed by atoms with van der Waals surface area (Å²) < 4.78 is 43.3. The van der Waals surface area contributed by atoms with Gasteiger partial charge in [0, 0.05) is 13.1 Å². The summed E-state index contributed by atoms with van der Waals surface area (Å²) in [5.41, 5.74) is 0.136. The van der Waals surface area contributed by atoms with Gasteiger partial charge in [0.2, 0.25) is 10.0 Å². The summed E-state index contributed by atoms with van der Waals surface area (Å²) in [4.78, 5) is 24.4. The first kappa shape index (κ1) is 25.5. The molecule has 1 aliphatic carbocycles. The van der Waals surface area contributed by atoms with Crippen LogP contribution < -0.4 is 14.8 Å². The van der Waals surface area contributed by atoms with E-state index in [0.29, 0.717) is 11.5 Å². The highest BCUT2D eigenvalue weighted by Crippen LogP contribution is 2.30. The lowest BCUT2D eigenvalue weighted by molar-refractivity contribution is -0.149. The molecule has 3 rings (SSSR count). The van der Waals surface area contributed by atoms with Gasteiger partial charge in [0.15, 0.2) is 24.7 Å². The van der Waals surface area contributed by atoms with Crippen molar-refractivity contribution >= 4 is 27.6 Å². The maximum Gasteiger partial charge on any atom is 0.344 e. The van der Waals surface area contributed by atoms with Crippen LogP contribution in [0.4, 0.5) is 5.69 Å². The van der Waals surface area contributed by atoms with Gasteiger partial charge in [0.1, 0.15) is 4.90 Å². The van der Waals surface area contributed by atoms with Crippen LogP contribution in [0.15, 0.2) is 53.4 Å². The van der Waals surface area contributed by atoms with Crippen molar-refractivity contribution < 1.29 is 32.2 Å². The van der Waals surface area contributed by atoms with E-state index in [2.05, 4.69) is 5.32 Å². The van der Waals surface area contributed by atoms with Crippen LogP contribution in [0.1, 0.15) is 32.1 Å². The van der Waals surface area contributed by atoms with Crippen molar-refractivity contribution in [3.63, 3.8) is 0 Å². The molecule has 1 aliphatic rings. The third kappa shape index (κ3) is 6.48. The lowest BCUT2D eigenvalue weighted by atomic mass is 9.96. The Morgan fingerprint density at radius 3 is 2.32 bits per heavy atom. The van der Waals surface area contributed by atoms with Gasteiger partial charge in [-0.1, -0.05) is 43.5 Å². The number of anilines is 1. The van der Waals surface area contributed by atoms with E-state index >= 15 is 0 Å². The minimum atomic E-state index is -3.81. The molecule has 0 aliphatic heterocycles. The molecule has 1 saturated carbocycles. The monoisotopic (exact) mass is 490 g/mol. The molecular weight excluding hydrogens is 460 g/mol. The number of esters is 1. The van der Waals surface area contributed by atoms with Crippen molar-refractivity contribution in [2.75, 3.05) is 32.7 Å². The predicted octanol–water partition coefficient (Wildman–Crippen LogP) is 3.21. The highest BCUT2D eigenvalue weighted by atomic mass is 32.2. The standard InChI is InChI=1S/C24H30N2O7S/c1-26(18-10-4-3-5-11-18)34(29,30)22-15-9-6-12-19(22)25-23(27)16-33-24(28)17-32-21-14-8-7-13-20(21)31-2/h6-9,12-15,18H,3-5,10-11,16-17H2,1-2H3,(H,25,27). The number of amides is 1. The lowest BCUT2D eigenvalue weighted by Crippen LogP contribution is -2.38. The topological polar surface area (TPSA) is 111 Å². The Hall–Kier alpha value is -3.11. The van der Waals surface area contributed by atoms with E-state index in [-0.39, 0.29) is 16.6 Å². The molecule has 0 heterocycles. The van der Waals surface area contributed by atoms with E-state index in [1.165, 1.54) is 23.5 Å². The average molecular weight is 491 g/mol. The minimum Gasteiger partial charge on any atom is -0.493 e. The van der Waals surface area contributed by atoms with Gasteiger partial charge < -0.3 is 19.5 Å². The molecule has 184 valence electrons. The summed E-state index contributed by atoms with van der Waals surface area (Å²) in [6.07, 6.45) is 4.73. The van der Waals surface area contributed by atoms with Crippen molar-refractivity contribution in [3.05, 3.63) is 48.5 Å². The molecule has 9 nitrogen and oxygen atoms in total. The van der Waals surface area contributed by atoms with Gasteiger partial charge in [-0.25, -0.2) is 13.2 Å². The van der Waals surface area contributed by atoms with Crippen molar-refractivity contribution in [2.24, 2.45) is 0 Å². The Kier molecular flexibility index (Phi) is 8.89. The first-order chi connectivity index (χ1) is 16.3. The van der Waals surface area contributed by atoms with Crippen LogP contribution in [0.25, 0.3) is 0 Å². The number of para-hydroxylation sites is 3. The number of carbonyl (C=O) groups is 2. The van der Waals surface area contributed by atoms with E-state index in [4.69, 9.17) is 14.2 Å². The number of carbonyl (C=O) groups excluding carboxylic acids is 2. The van der Waals surface area contributed by atoms with Crippen molar-refractivity contribution in [3.8, 4) is 11.5 Å². The summed E-state index contributed by atoms with van der Waals surface area (Å²) in [6.45, 7) is -0.994. The number of benzene rings is 2. The van der Waals surface area contributed by atoms with Crippen LogP contribution in [0.5, 0.6) is 11.5 Å². The molecule has 0 bridgehead atoms. The van der Waals surface area contributed by atoms with Gasteiger partial charge in [-0.2, -0.15) is 4.31 Å². The third-order valence-electron chi connectivity index (χ3n) is 5.69.